The lowest BCUT2D eigenvalue weighted by Crippen LogP contribution is -2.54. The number of hydrogen-bond acceptors (Lipinski definition) is 2. The lowest BCUT2D eigenvalue weighted by molar-refractivity contribution is -0.145. The number of hydrogen-bond donors (Lipinski definition) is 2. The molecule has 0 aliphatic carbocycles. The molecule has 1 heterocycles. The first-order chi connectivity index (χ1) is 8.47. The fourth-order valence-electron chi connectivity index (χ4n) is 1.59. The molecule has 1 fully saturated rings. The van der Waals surface area contributed by atoms with Crippen molar-refractivity contribution >= 4 is 40.3 Å². The van der Waals surface area contributed by atoms with Crippen LogP contribution in [-0.2, 0) is 4.79 Å². The summed E-state index contributed by atoms with van der Waals surface area (Å²) >= 11 is 1.92. The average molecular weight is 364 g/mol. The van der Waals surface area contributed by atoms with Crippen LogP contribution in [0.1, 0.15) is 0 Å². The van der Waals surface area contributed by atoms with E-state index in [4.69, 9.17) is 5.11 Å². The molecule has 2 amide bonds. The van der Waals surface area contributed by atoms with E-state index in [0.29, 0.717) is 9.26 Å². The van der Waals surface area contributed by atoms with Crippen molar-refractivity contribution in [2.45, 2.75) is 0 Å². The van der Waals surface area contributed by atoms with Crippen LogP contribution in [0.2, 0.25) is 0 Å². The number of benzene rings is 1. The van der Waals surface area contributed by atoms with Gasteiger partial charge in [-0.2, -0.15) is 0 Å². The summed E-state index contributed by atoms with van der Waals surface area (Å²) in [6, 6.07) is 3.68. The Bertz CT molecular complexity index is 503. The molecule has 7 heteroatoms. The molecule has 0 atom stereocenters. The van der Waals surface area contributed by atoms with Gasteiger partial charge < -0.3 is 15.3 Å². The third kappa shape index (κ3) is 2.71. The van der Waals surface area contributed by atoms with Gasteiger partial charge in [0.15, 0.2) is 0 Å². The minimum absolute atomic E-state index is 0.207. The number of carbonyl (C=O) groups excluding carboxylic acids is 1. The van der Waals surface area contributed by atoms with Crippen molar-refractivity contribution in [3.63, 3.8) is 0 Å². The molecule has 0 saturated carbocycles. The third-order valence-corrected chi connectivity index (χ3v) is 3.58. The van der Waals surface area contributed by atoms with Crippen molar-refractivity contribution < 1.29 is 19.1 Å². The van der Waals surface area contributed by atoms with Crippen LogP contribution in [0.15, 0.2) is 18.2 Å². The van der Waals surface area contributed by atoms with Gasteiger partial charge in [0.05, 0.1) is 11.6 Å². The van der Waals surface area contributed by atoms with Crippen LogP contribution in [0, 0.1) is 15.3 Å². The molecule has 0 spiro atoms. The van der Waals surface area contributed by atoms with E-state index in [-0.39, 0.29) is 24.9 Å². The molecule has 1 aliphatic rings. The number of anilines is 1. The first-order valence-corrected chi connectivity index (χ1v) is 6.29. The van der Waals surface area contributed by atoms with E-state index in [9.17, 15) is 14.0 Å². The first-order valence-electron chi connectivity index (χ1n) is 5.21. The molecule has 5 nitrogen and oxygen atoms in total. The van der Waals surface area contributed by atoms with Crippen molar-refractivity contribution in [2.24, 2.45) is 5.92 Å². The van der Waals surface area contributed by atoms with Gasteiger partial charge >= 0.3 is 12.0 Å². The minimum atomic E-state index is -0.893. The van der Waals surface area contributed by atoms with Crippen molar-refractivity contribution in [1.82, 2.24) is 4.90 Å². The summed E-state index contributed by atoms with van der Waals surface area (Å²) in [4.78, 5) is 23.7. The molecule has 2 N–H and O–H groups in total. The van der Waals surface area contributed by atoms with Crippen LogP contribution in [0.4, 0.5) is 14.9 Å². The quantitative estimate of drug-likeness (QED) is 0.789. The molecule has 1 aromatic carbocycles. The summed E-state index contributed by atoms with van der Waals surface area (Å²) < 4.78 is 13.5. The number of carbonyl (C=O) groups is 2. The SMILES string of the molecule is O=C(O)C1CN(C(=O)Nc2ccc(F)cc2I)C1. The normalized spacial score (nSPS) is 15.1. The minimum Gasteiger partial charge on any atom is -0.481 e. The topological polar surface area (TPSA) is 69.6 Å². The van der Waals surface area contributed by atoms with Gasteiger partial charge in [0, 0.05) is 16.7 Å². The second kappa shape index (κ2) is 5.09. The number of amides is 2. The number of aliphatic carboxylic acids is 1. The maximum Gasteiger partial charge on any atom is 0.321 e. The third-order valence-electron chi connectivity index (χ3n) is 2.69. The van der Waals surface area contributed by atoms with E-state index in [1.807, 2.05) is 22.6 Å². The van der Waals surface area contributed by atoms with Gasteiger partial charge in [-0.05, 0) is 40.8 Å². The highest BCUT2D eigenvalue weighted by atomic mass is 127. The van der Waals surface area contributed by atoms with Crippen molar-refractivity contribution in [3.8, 4) is 0 Å². The number of rotatable bonds is 2. The Kier molecular flexibility index (Phi) is 3.69. The molecule has 1 saturated heterocycles. The summed E-state index contributed by atoms with van der Waals surface area (Å²) in [5, 5.41) is 11.3. The number of likely N-dealkylation sites (tertiary alicyclic amines) is 1. The van der Waals surface area contributed by atoms with Crippen LogP contribution < -0.4 is 5.32 Å². The maximum atomic E-state index is 12.9. The number of halogens is 2. The zero-order valence-corrected chi connectivity index (χ0v) is 11.3. The summed E-state index contributed by atoms with van der Waals surface area (Å²) in [6.45, 7) is 0.415. The molecule has 0 aromatic heterocycles. The molecular formula is C11H10FIN2O3. The molecule has 1 aliphatic heterocycles. The highest BCUT2D eigenvalue weighted by molar-refractivity contribution is 14.1. The fraction of sp³-hybridized carbons (Fsp3) is 0.273. The zero-order chi connectivity index (χ0) is 13.3. The zero-order valence-electron chi connectivity index (χ0n) is 9.19. The predicted molar refractivity (Wildman–Crippen MR) is 70.8 cm³/mol. The van der Waals surface area contributed by atoms with Crippen molar-refractivity contribution in [2.75, 3.05) is 18.4 Å². The Balaban J connectivity index is 1.94. The van der Waals surface area contributed by atoms with Gasteiger partial charge in [0.1, 0.15) is 5.82 Å². The van der Waals surface area contributed by atoms with Gasteiger partial charge in [-0.25, -0.2) is 9.18 Å². The molecule has 2 rings (SSSR count). The standard InChI is InChI=1S/C11H10FIN2O3/c12-7-1-2-9(8(13)3-7)14-11(18)15-4-6(5-15)10(16)17/h1-3,6H,4-5H2,(H,14,18)(H,16,17). The monoisotopic (exact) mass is 364 g/mol. The molecule has 0 bridgehead atoms. The molecular weight excluding hydrogens is 354 g/mol. The number of nitrogens with one attached hydrogen (secondary N) is 1. The Morgan fingerprint density at radius 3 is 2.67 bits per heavy atom. The van der Waals surface area contributed by atoms with Gasteiger partial charge in [-0.15, -0.1) is 0 Å². The second-order valence-corrected chi connectivity index (χ2v) is 5.16. The van der Waals surface area contributed by atoms with Gasteiger partial charge in [-0.3, -0.25) is 4.79 Å². The summed E-state index contributed by atoms with van der Waals surface area (Å²) in [6.07, 6.45) is 0. The molecule has 1 aromatic rings. The van der Waals surface area contributed by atoms with Crippen molar-refractivity contribution in [1.29, 1.82) is 0 Å². The Hall–Kier alpha value is -1.38. The van der Waals surface area contributed by atoms with E-state index >= 15 is 0 Å². The van der Waals surface area contributed by atoms with E-state index in [1.54, 1.807) is 0 Å². The molecule has 18 heavy (non-hydrogen) atoms. The van der Waals surface area contributed by atoms with E-state index in [1.165, 1.54) is 23.1 Å². The number of carboxylic acids is 1. The lowest BCUT2D eigenvalue weighted by Gasteiger charge is -2.36. The Morgan fingerprint density at radius 1 is 1.44 bits per heavy atom. The van der Waals surface area contributed by atoms with E-state index < -0.39 is 11.9 Å². The van der Waals surface area contributed by atoms with Crippen LogP contribution in [0.5, 0.6) is 0 Å². The number of nitrogens with zero attached hydrogens (tertiary/aromatic N) is 1. The largest absolute Gasteiger partial charge is 0.481 e. The maximum absolute atomic E-state index is 12.9. The van der Waals surface area contributed by atoms with Crippen LogP contribution in [0.3, 0.4) is 0 Å². The summed E-state index contributed by atoms with van der Waals surface area (Å²) in [7, 11) is 0. The van der Waals surface area contributed by atoms with E-state index in [2.05, 4.69) is 5.32 Å². The molecule has 96 valence electrons. The summed E-state index contributed by atoms with van der Waals surface area (Å²) in [5.41, 5.74) is 0.515. The van der Waals surface area contributed by atoms with Gasteiger partial charge in [0.25, 0.3) is 0 Å². The number of urea groups is 1. The first kappa shape index (κ1) is 13.1. The highest BCUT2D eigenvalue weighted by Crippen LogP contribution is 2.21. The van der Waals surface area contributed by atoms with E-state index in [0.717, 1.165) is 0 Å². The van der Waals surface area contributed by atoms with Crippen LogP contribution >= 0.6 is 22.6 Å². The highest BCUT2D eigenvalue weighted by Gasteiger charge is 2.35. The van der Waals surface area contributed by atoms with Gasteiger partial charge in [-0.1, -0.05) is 0 Å². The smallest absolute Gasteiger partial charge is 0.321 e. The fourth-order valence-corrected chi connectivity index (χ4v) is 2.20. The van der Waals surface area contributed by atoms with Gasteiger partial charge in [0.2, 0.25) is 0 Å². The molecule has 0 unspecified atom stereocenters. The summed E-state index contributed by atoms with van der Waals surface area (Å²) in [5.74, 6) is -1.74. The van der Waals surface area contributed by atoms with Crippen LogP contribution in [0.25, 0.3) is 0 Å². The second-order valence-electron chi connectivity index (χ2n) is 3.99. The molecule has 0 radical (unpaired) electrons. The van der Waals surface area contributed by atoms with Crippen molar-refractivity contribution in [3.05, 3.63) is 27.6 Å². The Labute approximate surface area is 116 Å². The predicted octanol–water partition coefficient (Wildman–Crippen LogP) is 1.98. The van der Waals surface area contributed by atoms with Crippen LogP contribution in [-0.4, -0.2) is 35.1 Å². The lowest BCUT2D eigenvalue weighted by atomic mass is 10.0. The number of carboxylic acid groups (broad SMARTS) is 1. The Morgan fingerprint density at radius 2 is 2.11 bits per heavy atom. The average Bonchev–Trinajstić information content (AvgIpc) is 2.19.